The van der Waals surface area contributed by atoms with Crippen LogP contribution in [0.15, 0.2) is 30.3 Å². The van der Waals surface area contributed by atoms with Crippen molar-refractivity contribution in [2.45, 2.75) is 33.3 Å². The summed E-state index contributed by atoms with van der Waals surface area (Å²) in [5.74, 6) is 0. The molecule has 0 fully saturated rings. The van der Waals surface area contributed by atoms with Gasteiger partial charge in [0, 0.05) is 16.2 Å². The van der Waals surface area contributed by atoms with Gasteiger partial charge in [-0.2, -0.15) is 0 Å². The quantitative estimate of drug-likeness (QED) is 0.869. The highest BCUT2D eigenvalue weighted by Crippen LogP contribution is 2.29. The molecule has 0 aliphatic rings. The largest absolute Gasteiger partial charge is 0.387 e. The van der Waals surface area contributed by atoms with Crippen LogP contribution >= 0.6 is 11.3 Å². The van der Waals surface area contributed by atoms with Crippen LogP contribution in [-0.4, -0.2) is 5.11 Å². The molecule has 1 N–H and O–H groups in total. The normalized spacial score (nSPS) is 12.7. The molecule has 2 aromatic rings. The summed E-state index contributed by atoms with van der Waals surface area (Å²) >= 11 is 1.70. The fourth-order valence-electron chi connectivity index (χ4n) is 1.91. The Labute approximate surface area is 107 Å². The van der Waals surface area contributed by atoms with Gasteiger partial charge in [0.25, 0.3) is 0 Å². The average Bonchev–Trinajstić information content (AvgIpc) is 2.63. The van der Waals surface area contributed by atoms with E-state index in [0.717, 1.165) is 4.88 Å². The summed E-state index contributed by atoms with van der Waals surface area (Å²) in [5.41, 5.74) is 3.74. The molecular weight excluding hydrogens is 228 g/mol. The second kappa shape index (κ2) is 5.03. The van der Waals surface area contributed by atoms with Crippen LogP contribution in [-0.2, 0) is 6.42 Å². The molecule has 0 saturated carbocycles. The van der Waals surface area contributed by atoms with Crippen LogP contribution in [0, 0.1) is 20.8 Å². The molecule has 1 atom stereocenters. The minimum absolute atomic E-state index is 0.381. The highest BCUT2D eigenvalue weighted by atomic mass is 32.1. The molecule has 0 bridgehead atoms. The maximum absolute atomic E-state index is 10.2. The van der Waals surface area contributed by atoms with Gasteiger partial charge in [0.05, 0.1) is 6.10 Å². The maximum Gasteiger partial charge on any atom is 0.0922 e. The molecule has 90 valence electrons. The number of aliphatic hydroxyl groups excluding tert-OH is 1. The zero-order chi connectivity index (χ0) is 12.4. The Balaban J connectivity index is 2.17. The van der Waals surface area contributed by atoms with Gasteiger partial charge < -0.3 is 5.11 Å². The SMILES string of the molecule is Cc1ccccc1CC(O)c1cc(C)c(C)s1. The van der Waals surface area contributed by atoms with Crippen LogP contribution in [0.25, 0.3) is 0 Å². The van der Waals surface area contributed by atoms with Crippen LogP contribution in [0.3, 0.4) is 0 Å². The summed E-state index contributed by atoms with van der Waals surface area (Å²) in [6, 6.07) is 10.3. The smallest absolute Gasteiger partial charge is 0.0922 e. The molecule has 1 heterocycles. The van der Waals surface area contributed by atoms with Gasteiger partial charge in [0.15, 0.2) is 0 Å². The molecular formula is C15H18OS. The monoisotopic (exact) mass is 246 g/mol. The standard InChI is InChI=1S/C15H18OS/c1-10-6-4-5-7-13(10)9-14(16)15-8-11(2)12(3)17-15/h4-8,14,16H,9H2,1-3H3. The summed E-state index contributed by atoms with van der Waals surface area (Å²) < 4.78 is 0. The number of hydrogen-bond acceptors (Lipinski definition) is 2. The third kappa shape index (κ3) is 2.76. The van der Waals surface area contributed by atoms with E-state index >= 15 is 0 Å². The van der Waals surface area contributed by atoms with Crippen molar-refractivity contribution >= 4 is 11.3 Å². The van der Waals surface area contributed by atoms with E-state index in [4.69, 9.17) is 0 Å². The fraction of sp³-hybridized carbons (Fsp3) is 0.333. The van der Waals surface area contributed by atoms with Crippen LogP contribution in [0.1, 0.15) is 32.5 Å². The number of aliphatic hydroxyl groups is 1. The molecule has 1 aromatic carbocycles. The Morgan fingerprint density at radius 3 is 2.41 bits per heavy atom. The summed E-state index contributed by atoms with van der Waals surface area (Å²) in [4.78, 5) is 2.37. The van der Waals surface area contributed by atoms with Crippen molar-refractivity contribution in [2.75, 3.05) is 0 Å². The summed E-state index contributed by atoms with van der Waals surface area (Å²) in [6.45, 7) is 6.28. The van der Waals surface area contributed by atoms with Gasteiger partial charge in [0.2, 0.25) is 0 Å². The first-order valence-electron chi connectivity index (χ1n) is 5.87. The minimum atomic E-state index is -0.381. The second-order valence-electron chi connectivity index (χ2n) is 4.53. The first-order valence-corrected chi connectivity index (χ1v) is 6.69. The zero-order valence-electron chi connectivity index (χ0n) is 10.5. The van der Waals surface area contributed by atoms with E-state index in [1.807, 2.05) is 12.1 Å². The van der Waals surface area contributed by atoms with Gasteiger partial charge in [-0.3, -0.25) is 0 Å². The summed E-state index contributed by atoms with van der Waals surface area (Å²) in [7, 11) is 0. The van der Waals surface area contributed by atoms with Gasteiger partial charge in [0.1, 0.15) is 0 Å². The van der Waals surface area contributed by atoms with Crippen LogP contribution in [0.5, 0.6) is 0 Å². The van der Waals surface area contributed by atoms with E-state index in [2.05, 4.69) is 39.0 Å². The Kier molecular flexibility index (Phi) is 3.65. The van der Waals surface area contributed by atoms with E-state index in [1.54, 1.807) is 11.3 Å². The lowest BCUT2D eigenvalue weighted by Gasteiger charge is -2.10. The summed E-state index contributed by atoms with van der Waals surface area (Å²) in [5, 5.41) is 10.2. The molecule has 0 saturated heterocycles. The van der Waals surface area contributed by atoms with Crippen molar-refractivity contribution in [3.63, 3.8) is 0 Å². The first-order chi connectivity index (χ1) is 8.08. The topological polar surface area (TPSA) is 20.2 Å². The van der Waals surface area contributed by atoms with E-state index in [-0.39, 0.29) is 6.10 Å². The molecule has 2 rings (SSSR count). The number of benzene rings is 1. The van der Waals surface area contributed by atoms with Gasteiger partial charge in [-0.1, -0.05) is 24.3 Å². The molecule has 2 heteroatoms. The Morgan fingerprint density at radius 1 is 1.12 bits per heavy atom. The fourth-order valence-corrected chi connectivity index (χ4v) is 2.94. The molecule has 0 aliphatic carbocycles. The number of aryl methyl sites for hydroxylation is 3. The molecule has 17 heavy (non-hydrogen) atoms. The van der Waals surface area contributed by atoms with Gasteiger partial charge in [-0.25, -0.2) is 0 Å². The number of rotatable bonds is 3. The molecule has 0 aliphatic heterocycles. The predicted molar refractivity (Wildman–Crippen MR) is 73.6 cm³/mol. The number of thiophene rings is 1. The van der Waals surface area contributed by atoms with Crippen LogP contribution < -0.4 is 0 Å². The molecule has 0 radical (unpaired) electrons. The van der Waals surface area contributed by atoms with Gasteiger partial charge in [-0.05, 0) is 43.5 Å². The number of hydrogen-bond donors (Lipinski definition) is 1. The lowest BCUT2D eigenvalue weighted by Crippen LogP contribution is -2.01. The Hall–Kier alpha value is -1.12. The molecule has 0 amide bonds. The second-order valence-corrected chi connectivity index (χ2v) is 5.82. The highest BCUT2D eigenvalue weighted by molar-refractivity contribution is 7.12. The van der Waals surface area contributed by atoms with Crippen LogP contribution in [0.2, 0.25) is 0 Å². The molecule has 1 nitrogen and oxygen atoms in total. The van der Waals surface area contributed by atoms with E-state index < -0.39 is 0 Å². The van der Waals surface area contributed by atoms with Crippen molar-refractivity contribution in [2.24, 2.45) is 0 Å². The van der Waals surface area contributed by atoms with Crippen molar-refractivity contribution < 1.29 is 5.11 Å². The first kappa shape index (κ1) is 12.3. The third-order valence-corrected chi connectivity index (χ3v) is 4.44. The summed E-state index contributed by atoms with van der Waals surface area (Å²) in [6.07, 6.45) is 0.319. The van der Waals surface area contributed by atoms with Crippen molar-refractivity contribution in [1.82, 2.24) is 0 Å². The molecule has 1 unspecified atom stereocenters. The zero-order valence-corrected chi connectivity index (χ0v) is 11.3. The third-order valence-electron chi connectivity index (χ3n) is 3.19. The van der Waals surface area contributed by atoms with E-state index in [1.165, 1.54) is 21.6 Å². The highest BCUT2D eigenvalue weighted by Gasteiger charge is 2.13. The average molecular weight is 246 g/mol. The Bertz CT molecular complexity index is 494. The minimum Gasteiger partial charge on any atom is -0.387 e. The van der Waals surface area contributed by atoms with Crippen molar-refractivity contribution in [3.8, 4) is 0 Å². The Morgan fingerprint density at radius 2 is 1.82 bits per heavy atom. The lowest BCUT2D eigenvalue weighted by atomic mass is 10.0. The van der Waals surface area contributed by atoms with Crippen molar-refractivity contribution in [3.05, 3.63) is 56.8 Å². The maximum atomic E-state index is 10.2. The lowest BCUT2D eigenvalue weighted by molar-refractivity contribution is 0.182. The van der Waals surface area contributed by atoms with E-state index in [0.29, 0.717) is 6.42 Å². The molecule has 0 spiro atoms. The predicted octanol–water partition coefficient (Wildman–Crippen LogP) is 3.95. The van der Waals surface area contributed by atoms with Gasteiger partial charge in [-0.15, -0.1) is 11.3 Å². The van der Waals surface area contributed by atoms with E-state index in [9.17, 15) is 5.11 Å². The molecule has 1 aromatic heterocycles. The van der Waals surface area contributed by atoms with Crippen LogP contribution in [0.4, 0.5) is 0 Å². The van der Waals surface area contributed by atoms with Gasteiger partial charge >= 0.3 is 0 Å². The van der Waals surface area contributed by atoms with Crippen molar-refractivity contribution in [1.29, 1.82) is 0 Å².